The summed E-state index contributed by atoms with van der Waals surface area (Å²) in [7, 11) is 0. The van der Waals surface area contributed by atoms with E-state index in [0.29, 0.717) is 63.6 Å². The van der Waals surface area contributed by atoms with E-state index in [1.165, 1.54) is 16.0 Å². The first kappa shape index (κ1) is 52.0. The topological polar surface area (TPSA) is 246 Å². The van der Waals surface area contributed by atoms with E-state index in [-0.39, 0.29) is 17.6 Å². The van der Waals surface area contributed by atoms with E-state index in [2.05, 4.69) is 107 Å². The summed E-state index contributed by atoms with van der Waals surface area (Å²) < 4.78 is 16.7. The van der Waals surface area contributed by atoms with Gasteiger partial charge in [-0.05, 0) is 91.4 Å². The summed E-state index contributed by atoms with van der Waals surface area (Å²) in [6.45, 7) is 11.0. The van der Waals surface area contributed by atoms with Crippen molar-refractivity contribution in [3.05, 3.63) is 133 Å². The van der Waals surface area contributed by atoms with Crippen molar-refractivity contribution in [3.63, 3.8) is 0 Å². The molecule has 23 nitrogen and oxygen atoms in total. The van der Waals surface area contributed by atoms with Crippen LogP contribution in [0.5, 0.6) is 0 Å². The highest BCUT2D eigenvalue weighted by atomic mass is 32.2. The number of pyridine rings is 2. The number of hydrogen-bond donors (Lipinski definition) is 3. The summed E-state index contributed by atoms with van der Waals surface area (Å²) in [6, 6.07) is 20.2. The number of nitrogens with zero attached hydrogens (tertiary/aromatic N) is 19. The molecule has 0 unspecified atom stereocenters. The fourth-order valence-corrected chi connectivity index (χ4v) is 11.9. The molecule has 0 aliphatic carbocycles. The summed E-state index contributed by atoms with van der Waals surface area (Å²) in [4.78, 5) is 18.1. The molecule has 0 radical (unpaired) electrons. The fraction of sp³-hybridized carbons (Fsp3) is 0.455. The van der Waals surface area contributed by atoms with Gasteiger partial charge in [0.05, 0.1) is 99.3 Å². The summed E-state index contributed by atoms with van der Waals surface area (Å²) >= 11 is 1.74. The quantitative estimate of drug-likeness (QED) is 0.0961. The van der Waals surface area contributed by atoms with Gasteiger partial charge in [-0.15, -0.1) is 22.0 Å². The second-order valence-electron chi connectivity index (χ2n) is 21.3. The largest absolute Gasteiger partial charge is 0.395 e. The number of nitrogens with two attached hydrogens (primary N) is 1. The van der Waals surface area contributed by atoms with Crippen molar-refractivity contribution in [3.8, 4) is 6.07 Å². The Labute approximate surface area is 462 Å². The number of fused-ring (bicyclic) bond motifs is 2. The molecule has 9 aromatic rings. The van der Waals surface area contributed by atoms with Gasteiger partial charge in [0.1, 0.15) is 11.2 Å². The van der Waals surface area contributed by atoms with Crippen molar-refractivity contribution in [1.29, 1.82) is 5.26 Å². The van der Waals surface area contributed by atoms with E-state index < -0.39 is 0 Å². The molecule has 0 spiro atoms. The third-order valence-corrected chi connectivity index (χ3v) is 17.0. The number of nitriles is 1. The van der Waals surface area contributed by atoms with E-state index >= 15 is 0 Å². The minimum absolute atomic E-state index is 0.163. The van der Waals surface area contributed by atoms with Gasteiger partial charge in [0.2, 0.25) is 5.95 Å². The molecule has 8 aromatic heterocycles. The van der Waals surface area contributed by atoms with Crippen LogP contribution < -0.4 is 20.9 Å². The van der Waals surface area contributed by atoms with Crippen LogP contribution in [0, 0.1) is 11.3 Å². The van der Waals surface area contributed by atoms with E-state index in [1.54, 1.807) is 22.5 Å². The maximum Gasteiger partial charge on any atom is 0.247 e. The van der Waals surface area contributed by atoms with Gasteiger partial charge in [0, 0.05) is 93.5 Å². The maximum atomic E-state index is 10.4. The Morgan fingerprint density at radius 2 is 1.56 bits per heavy atom. The molecule has 13 rings (SSSR count). The number of nitrogens with one attached hydrogen (secondary N) is 1. The predicted octanol–water partition coefficient (Wildman–Crippen LogP) is 4.96. The molecule has 410 valence electrons. The molecule has 4 N–H and O–H groups in total. The summed E-state index contributed by atoms with van der Waals surface area (Å²) in [5.41, 5.74) is 13.9. The molecule has 0 atom stereocenters. The van der Waals surface area contributed by atoms with Crippen LogP contribution in [0.2, 0.25) is 0 Å². The smallest absolute Gasteiger partial charge is 0.247 e. The van der Waals surface area contributed by atoms with E-state index in [4.69, 9.17) is 25.5 Å². The standard InChI is InChI=1S/C30H36N14O.C25H31N7OS/c1-2-22-12-33-44(14-22)30(7-8-31)20-40(21-30)27-4-3-9-42-28(27)35-29(37-42)34-23-13-32-41(15-23)16-24-17-43(38-36-24)25-5-10-39(11-6-25)26-18-45-19-26;1-34-21-6-4-20(5-7-21)25(18-33)8-12-30(13-9-25)22-3-2-11-32-24(22)28-23(29-32)15-19-16-27-31(17-19)14-10-26/h3-4,9,12-15,17,25-26H,2,5-7,10-11,16,18-21H2,1H3,(H,34,37);2-7,11,16-17,33H,8-10,12-15,18,26H2,1H3. The molecule has 4 aliphatic heterocycles. The maximum absolute atomic E-state index is 10.4. The molecule has 24 heteroatoms. The van der Waals surface area contributed by atoms with Gasteiger partial charge < -0.3 is 30.7 Å². The molecule has 4 saturated heterocycles. The molecular formula is C55H67N21O2S. The molecular weight excluding hydrogens is 1020 g/mol. The summed E-state index contributed by atoms with van der Waals surface area (Å²) in [5.74, 6) is 1.26. The monoisotopic (exact) mass is 1090 g/mol. The highest BCUT2D eigenvalue weighted by Gasteiger charge is 2.46. The molecule has 12 heterocycles. The highest BCUT2D eigenvalue weighted by molar-refractivity contribution is 7.98. The number of aryl methyl sites for hydroxylation is 1. The van der Waals surface area contributed by atoms with Crippen LogP contribution >= 0.6 is 11.8 Å². The zero-order valence-corrected chi connectivity index (χ0v) is 45.6. The van der Waals surface area contributed by atoms with Crippen LogP contribution in [-0.4, -0.2) is 161 Å². The third kappa shape index (κ3) is 10.8. The zero-order valence-electron chi connectivity index (χ0n) is 44.7. The summed E-state index contributed by atoms with van der Waals surface area (Å²) in [6.07, 6.45) is 25.3. The Bertz CT molecular complexity index is 3520. The normalized spacial score (nSPS) is 17.6. The number of benzene rings is 1. The van der Waals surface area contributed by atoms with Crippen LogP contribution in [0.3, 0.4) is 0 Å². The van der Waals surface area contributed by atoms with Crippen LogP contribution in [-0.2, 0) is 41.6 Å². The van der Waals surface area contributed by atoms with Crippen molar-refractivity contribution in [2.45, 2.75) is 92.9 Å². The minimum Gasteiger partial charge on any atom is -0.395 e. The van der Waals surface area contributed by atoms with Crippen LogP contribution in [0.1, 0.15) is 73.3 Å². The summed E-state index contributed by atoms with van der Waals surface area (Å²) in [5, 5.41) is 54.9. The van der Waals surface area contributed by atoms with Crippen molar-refractivity contribution < 1.29 is 9.84 Å². The van der Waals surface area contributed by atoms with E-state index in [0.717, 1.165) is 117 Å². The Morgan fingerprint density at radius 3 is 2.25 bits per heavy atom. The Kier molecular flexibility index (Phi) is 14.9. The van der Waals surface area contributed by atoms with Gasteiger partial charge in [-0.3, -0.25) is 18.9 Å². The Hall–Kier alpha value is -7.69. The first-order chi connectivity index (χ1) is 38.7. The fourth-order valence-electron chi connectivity index (χ4n) is 11.5. The number of rotatable bonds is 18. The Balaban J connectivity index is 0.000000164. The minimum atomic E-state index is -0.348. The van der Waals surface area contributed by atoms with Gasteiger partial charge in [0.25, 0.3) is 0 Å². The number of piperidine rings is 2. The molecule has 1 aromatic carbocycles. The van der Waals surface area contributed by atoms with Gasteiger partial charge in [-0.2, -0.15) is 30.6 Å². The lowest BCUT2D eigenvalue weighted by Crippen LogP contribution is -2.63. The number of aliphatic hydroxyl groups is 1. The highest BCUT2D eigenvalue weighted by Crippen LogP contribution is 2.40. The SMILES string of the molecule is CCc1cnn(C2(CC#N)CN(c3cccn4nc(Nc5cnn(Cc6cn(C7CCN(C8COC8)CC7)nn6)c5)nc34)C2)c1.CSc1ccc(C2(CO)CCN(c3cccn4nc(Cc5cnn(CCN)c5)nc34)CC2)cc1. The second kappa shape index (κ2) is 22.6. The van der Waals surface area contributed by atoms with Gasteiger partial charge in [0.15, 0.2) is 17.1 Å². The van der Waals surface area contributed by atoms with Crippen molar-refractivity contribution in [1.82, 2.24) is 78.4 Å². The second-order valence-corrected chi connectivity index (χ2v) is 22.2. The Morgan fingerprint density at radius 1 is 0.823 bits per heavy atom. The lowest BCUT2D eigenvalue weighted by molar-refractivity contribution is -0.0734. The number of thioether (sulfide) groups is 1. The average molecular weight is 1090 g/mol. The average Bonchev–Trinajstić information content (AvgIpc) is 4.42. The van der Waals surface area contributed by atoms with Gasteiger partial charge in [-0.25, -0.2) is 18.7 Å². The zero-order chi connectivity index (χ0) is 53.9. The van der Waals surface area contributed by atoms with Gasteiger partial charge in [-0.1, -0.05) is 24.3 Å². The molecule has 0 saturated carbocycles. The molecule has 4 aliphatic rings. The van der Waals surface area contributed by atoms with E-state index in [1.807, 2.05) is 84.8 Å². The number of anilines is 4. The third-order valence-electron chi connectivity index (χ3n) is 16.2. The molecule has 0 amide bonds. The van der Waals surface area contributed by atoms with E-state index in [9.17, 15) is 10.4 Å². The van der Waals surface area contributed by atoms with Crippen LogP contribution in [0.25, 0.3) is 11.3 Å². The number of ether oxygens (including phenoxy) is 1. The lowest BCUT2D eigenvalue weighted by Gasteiger charge is -2.50. The number of likely N-dealkylation sites (tertiary alicyclic amines) is 1. The van der Waals surface area contributed by atoms with Crippen molar-refractivity contribution >= 4 is 46.1 Å². The predicted molar refractivity (Wildman–Crippen MR) is 300 cm³/mol. The molecule has 4 fully saturated rings. The number of hydrogen-bond acceptors (Lipinski definition) is 18. The van der Waals surface area contributed by atoms with Crippen molar-refractivity contribution in [2.75, 3.05) is 87.0 Å². The number of aromatic nitrogens is 15. The van der Waals surface area contributed by atoms with Gasteiger partial charge >= 0.3 is 0 Å². The first-order valence-electron chi connectivity index (χ1n) is 27.3. The molecule has 0 bridgehead atoms. The molecule has 79 heavy (non-hydrogen) atoms. The first-order valence-corrected chi connectivity index (χ1v) is 28.5. The number of aliphatic hydroxyl groups excluding tert-OH is 1. The van der Waals surface area contributed by atoms with Crippen LogP contribution in [0.4, 0.5) is 23.0 Å². The lowest BCUT2D eigenvalue weighted by atomic mass is 9.73. The van der Waals surface area contributed by atoms with Crippen LogP contribution in [0.15, 0.2) is 109 Å². The van der Waals surface area contributed by atoms with Crippen molar-refractivity contribution in [2.24, 2.45) is 5.73 Å².